The molecule has 0 aromatic rings. The molecule has 2 unspecified atom stereocenters. The van der Waals surface area contributed by atoms with Gasteiger partial charge in [0.15, 0.2) is 0 Å². The van der Waals surface area contributed by atoms with Crippen LogP contribution in [0, 0.1) is 0 Å². The molecule has 0 aromatic carbocycles. The molecule has 2 heterocycles. The Kier molecular flexibility index (Phi) is 1.14. The lowest BCUT2D eigenvalue weighted by molar-refractivity contribution is 0.00960. The Morgan fingerprint density at radius 2 is 2.36 bits per heavy atom. The van der Waals surface area contributed by atoms with E-state index in [1.807, 2.05) is 12.2 Å². The second kappa shape index (κ2) is 1.84. The van der Waals surface area contributed by atoms with Crippen molar-refractivity contribution in [3.8, 4) is 0 Å². The van der Waals surface area contributed by atoms with E-state index in [0.717, 1.165) is 11.1 Å². The molecule has 2 aliphatic heterocycles. The van der Waals surface area contributed by atoms with Crippen molar-refractivity contribution in [1.29, 1.82) is 0 Å². The molecule has 2 rings (SSSR count). The predicted molar refractivity (Wildman–Crippen MR) is 42.1 cm³/mol. The standard InChI is InChI=1S/C9H10O2/c1-6-7(2)9(5-10)4-3-8(6)11-9/h3-4,8,10H,1-2,5H2. The maximum absolute atomic E-state index is 9.05. The SMILES string of the molecule is C=C1C(=C)C2(CO)C=CC1O2. The molecule has 0 aliphatic carbocycles. The number of fused-ring (bicyclic) bond motifs is 2. The fourth-order valence-corrected chi connectivity index (χ4v) is 1.54. The second-order valence-electron chi connectivity index (χ2n) is 2.95. The van der Waals surface area contributed by atoms with Crippen LogP contribution in [0.3, 0.4) is 0 Å². The normalized spacial score (nSPS) is 40.6. The van der Waals surface area contributed by atoms with Gasteiger partial charge in [-0.05, 0) is 17.2 Å². The topological polar surface area (TPSA) is 29.5 Å². The molecule has 58 valence electrons. The summed E-state index contributed by atoms with van der Waals surface area (Å²) in [6.07, 6.45) is 3.72. The van der Waals surface area contributed by atoms with Gasteiger partial charge in [0, 0.05) is 0 Å². The monoisotopic (exact) mass is 150 g/mol. The van der Waals surface area contributed by atoms with Crippen LogP contribution in [0.4, 0.5) is 0 Å². The molecule has 0 spiro atoms. The van der Waals surface area contributed by atoms with Crippen molar-refractivity contribution in [3.05, 3.63) is 36.5 Å². The van der Waals surface area contributed by atoms with E-state index < -0.39 is 5.60 Å². The zero-order valence-corrected chi connectivity index (χ0v) is 6.21. The first-order valence-corrected chi connectivity index (χ1v) is 3.56. The minimum Gasteiger partial charge on any atom is -0.393 e. The van der Waals surface area contributed by atoms with E-state index in [0.29, 0.717) is 0 Å². The Morgan fingerprint density at radius 1 is 1.64 bits per heavy atom. The van der Waals surface area contributed by atoms with Crippen LogP contribution in [0.1, 0.15) is 0 Å². The lowest BCUT2D eigenvalue weighted by Gasteiger charge is -2.20. The second-order valence-corrected chi connectivity index (χ2v) is 2.95. The Hall–Kier alpha value is -0.860. The van der Waals surface area contributed by atoms with Crippen LogP contribution >= 0.6 is 0 Å². The number of ether oxygens (including phenoxy) is 1. The third-order valence-corrected chi connectivity index (χ3v) is 2.35. The Morgan fingerprint density at radius 3 is 2.73 bits per heavy atom. The molecule has 2 aliphatic rings. The Balaban J connectivity index is 2.47. The minimum atomic E-state index is -0.637. The molecule has 0 aromatic heterocycles. The van der Waals surface area contributed by atoms with E-state index in [2.05, 4.69) is 13.2 Å². The van der Waals surface area contributed by atoms with E-state index >= 15 is 0 Å². The first-order chi connectivity index (χ1) is 5.19. The van der Waals surface area contributed by atoms with Gasteiger partial charge < -0.3 is 9.84 Å². The maximum Gasteiger partial charge on any atom is 0.135 e. The van der Waals surface area contributed by atoms with Gasteiger partial charge in [0.1, 0.15) is 11.7 Å². The third-order valence-electron chi connectivity index (χ3n) is 2.35. The first kappa shape index (κ1) is 6.83. The average molecular weight is 150 g/mol. The van der Waals surface area contributed by atoms with E-state index in [1.54, 1.807) is 0 Å². The summed E-state index contributed by atoms with van der Waals surface area (Å²) in [5.74, 6) is 0. The molecule has 0 radical (unpaired) electrons. The van der Waals surface area contributed by atoms with Gasteiger partial charge in [0.05, 0.1) is 6.61 Å². The van der Waals surface area contributed by atoms with Gasteiger partial charge in [0.25, 0.3) is 0 Å². The van der Waals surface area contributed by atoms with Crippen molar-refractivity contribution >= 4 is 0 Å². The van der Waals surface area contributed by atoms with Crippen molar-refractivity contribution < 1.29 is 9.84 Å². The Bertz CT molecular complexity index is 265. The molecule has 1 saturated heterocycles. The number of hydrogen-bond donors (Lipinski definition) is 1. The summed E-state index contributed by atoms with van der Waals surface area (Å²) in [5, 5.41) is 9.05. The first-order valence-electron chi connectivity index (χ1n) is 3.56. The summed E-state index contributed by atoms with van der Waals surface area (Å²) in [4.78, 5) is 0. The van der Waals surface area contributed by atoms with Crippen LogP contribution in [-0.4, -0.2) is 23.4 Å². The van der Waals surface area contributed by atoms with Crippen LogP contribution in [-0.2, 0) is 4.74 Å². The summed E-state index contributed by atoms with van der Waals surface area (Å²) in [6, 6.07) is 0. The summed E-state index contributed by atoms with van der Waals surface area (Å²) in [7, 11) is 0. The van der Waals surface area contributed by atoms with Gasteiger partial charge in [-0.1, -0.05) is 19.2 Å². The van der Waals surface area contributed by atoms with Gasteiger partial charge in [-0.15, -0.1) is 0 Å². The number of hydrogen-bond acceptors (Lipinski definition) is 2. The van der Waals surface area contributed by atoms with Gasteiger partial charge in [-0.25, -0.2) is 0 Å². The Labute approximate surface area is 65.5 Å². The third kappa shape index (κ3) is 0.633. The highest BCUT2D eigenvalue weighted by molar-refractivity contribution is 5.52. The lowest BCUT2D eigenvalue weighted by Crippen LogP contribution is -2.29. The van der Waals surface area contributed by atoms with E-state index in [-0.39, 0.29) is 12.7 Å². The van der Waals surface area contributed by atoms with Crippen LogP contribution in [0.2, 0.25) is 0 Å². The highest BCUT2D eigenvalue weighted by Crippen LogP contribution is 2.44. The van der Waals surface area contributed by atoms with E-state index in [4.69, 9.17) is 9.84 Å². The van der Waals surface area contributed by atoms with Gasteiger partial charge in [-0.3, -0.25) is 0 Å². The molecule has 2 bridgehead atoms. The molecular weight excluding hydrogens is 140 g/mol. The molecule has 2 nitrogen and oxygen atoms in total. The molecule has 1 N–H and O–H groups in total. The zero-order chi connectivity index (χ0) is 8.06. The van der Waals surface area contributed by atoms with E-state index in [9.17, 15) is 0 Å². The van der Waals surface area contributed by atoms with Crippen LogP contribution < -0.4 is 0 Å². The largest absolute Gasteiger partial charge is 0.393 e. The lowest BCUT2D eigenvalue weighted by atomic mass is 9.88. The fourth-order valence-electron chi connectivity index (χ4n) is 1.54. The van der Waals surface area contributed by atoms with Crippen molar-refractivity contribution in [2.75, 3.05) is 6.61 Å². The van der Waals surface area contributed by atoms with Crippen LogP contribution in [0.25, 0.3) is 0 Å². The maximum atomic E-state index is 9.05. The summed E-state index contributed by atoms with van der Waals surface area (Å²) < 4.78 is 5.47. The van der Waals surface area contributed by atoms with Gasteiger partial charge >= 0.3 is 0 Å². The predicted octanol–water partition coefficient (Wildman–Crippen LogP) is 0.798. The summed E-state index contributed by atoms with van der Waals surface area (Å²) in [5.41, 5.74) is 1.07. The zero-order valence-electron chi connectivity index (χ0n) is 6.21. The van der Waals surface area contributed by atoms with Crippen molar-refractivity contribution in [2.24, 2.45) is 0 Å². The molecule has 2 atom stereocenters. The van der Waals surface area contributed by atoms with Crippen molar-refractivity contribution in [3.63, 3.8) is 0 Å². The van der Waals surface area contributed by atoms with Crippen LogP contribution in [0.15, 0.2) is 36.5 Å². The molecular formula is C9H10O2. The highest BCUT2D eigenvalue weighted by atomic mass is 16.5. The molecule has 0 saturated carbocycles. The van der Waals surface area contributed by atoms with Gasteiger partial charge in [0.2, 0.25) is 0 Å². The smallest absolute Gasteiger partial charge is 0.135 e. The number of aliphatic hydroxyl groups excluding tert-OH is 1. The van der Waals surface area contributed by atoms with E-state index in [1.165, 1.54) is 0 Å². The average Bonchev–Trinajstić information content (AvgIpc) is 2.53. The van der Waals surface area contributed by atoms with Crippen molar-refractivity contribution in [2.45, 2.75) is 11.7 Å². The van der Waals surface area contributed by atoms with Gasteiger partial charge in [-0.2, -0.15) is 0 Å². The van der Waals surface area contributed by atoms with Crippen LogP contribution in [0.5, 0.6) is 0 Å². The highest BCUT2D eigenvalue weighted by Gasteiger charge is 2.47. The number of aliphatic hydroxyl groups is 1. The number of rotatable bonds is 1. The quantitative estimate of drug-likeness (QED) is 0.560. The molecule has 2 heteroatoms. The minimum absolute atomic E-state index is 0.0438. The van der Waals surface area contributed by atoms with Crippen molar-refractivity contribution in [1.82, 2.24) is 0 Å². The molecule has 11 heavy (non-hydrogen) atoms. The molecule has 0 amide bonds. The fraction of sp³-hybridized carbons (Fsp3) is 0.333. The molecule has 1 fully saturated rings. The summed E-state index contributed by atoms with van der Waals surface area (Å²) in [6.45, 7) is 7.61. The summed E-state index contributed by atoms with van der Waals surface area (Å²) >= 11 is 0.